The van der Waals surface area contributed by atoms with Crippen molar-refractivity contribution in [1.82, 2.24) is 9.47 Å². The van der Waals surface area contributed by atoms with Gasteiger partial charge in [-0.3, -0.25) is 0 Å². The minimum absolute atomic E-state index is 0.576. The quantitative estimate of drug-likeness (QED) is 0.569. The molecule has 0 saturated carbocycles. The van der Waals surface area contributed by atoms with Gasteiger partial charge in [-0.05, 0) is 43.4 Å². The Bertz CT molecular complexity index is 878. The van der Waals surface area contributed by atoms with E-state index in [1.807, 2.05) is 18.2 Å². The van der Waals surface area contributed by atoms with Gasteiger partial charge in [0.25, 0.3) is 0 Å². The van der Waals surface area contributed by atoms with Gasteiger partial charge in [0.05, 0.1) is 10.0 Å². The fourth-order valence-corrected chi connectivity index (χ4v) is 3.01. The number of fused-ring (bicyclic) bond motifs is 1. The smallest absolute Gasteiger partial charge is 0.0598 e. The summed E-state index contributed by atoms with van der Waals surface area (Å²) in [7, 11) is 4.19. The standard InChI is InChI=1S/C20H20Cl2N2/c1-23(2)11-12-24-14-16(17-5-3-4-6-20(17)24)9-7-15-8-10-18(21)19(22)13-15/h3-10,13-14H,11-12H2,1-2H3/b9-7+. The summed E-state index contributed by atoms with van der Waals surface area (Å²) in [5, 5.41) is 2.41. The van der Waals surface area contributed by atoms with Crippen molar-refractivity contribution in [3.8, 4) is 0 Å². The lowest BCUT2D eigenvalue weighted by Gasteiger charge is -2.10. The third-order valence-corrected chi connectivity index (χ3v) is 4.75. The molecule has 0 fully saturated rings. The lowest BCUT2D eigenvalue weighted by Crippen LogP contribution is -2.17. The maximum Gasteiger partial charge on any atom is 0.0598 e. The Morgan fingerprint density at radius 2 is 1.79 bits per heavy atom. The molecule has 0 aliphatic heterocycles. The van der Waals surface area contributed by atoms with Gasteiger partial charge >= 0.3 is 0 Å². The predicted molar refractivity (Wildman–Crippen MR) is 106 cm³/mol. The SMILES string of the molecule is CN(C)CCn1cc(/C=C/c2ccc(Cl)c(Cl)c2)c2ccccc21. The second kappa shape index (κ2) is 7.43. The van der Waals surface area contributed by atoms with Crippen LogP contribution in [0, 0.1) is 0 Å². The van der Waals surface area contributed by atoms with Crippen LogP contribution in [0.5, 0.6) is 0 Å². The normalized spacial score (nSPS) is 11.9. The van der Waals surface area contributed by atoms with Crippen LogP contribution in [-0.4, -0.2) is 30.1 Å². The number of rotatable bonds is 5. The molecular weight excluding hydrogens is 339 g/mol. The highest BCUT2D eigenvalue weighted by molar-refractivity contribution is 6.42. The number of nitrogens with zero attached hydrogens (tertiary/aromatic N) is 2. The average Bonchev–Trinajstić information content (AvgIpc) is 2.92. The molecule has 3 rings (SSSR count). The minimum Gasteiger partial charge on any atom is -0.346 e. The first-order valence-electron chi connectivity index (χ1n) is 7.90. The van der Waals surface area contributed by atoms with Crippen LogP contribution in [-0.2, 0) is 6.54 Å². The summed E-state index contributed by atoms with van der Waals surface area (Å²) in [6.45, 7) is 1.97. The number of likely N-dealkylation sites (N-methyl/N-ethyl adjacent to an activating group) is 1. The molecule has 0 radical (unpaired) electrons. The molecule has 0 aliphatic carbocycles. The fraction of sp³-hybridized carbons (Fsp3) is 0.200. The van der Waals surface area contributed by atoms with E-state index in [4.69, 9.17) is 23.2 Å². The topological polar surface area (TPSA) is 8.17 Å². The van der Waals surface area contributed by atoms with E-state index in [-0.39, 0.29) is 0 Å². The molecule has 0 bridgehead atoms. The maximum absolute atomic E-state index is 6.09. The summed E-state index contributed by atoms with van der Waals surface area (Å²) in [5.74, 6) is 0. The molecule has 0 unspecified atom stereocenters. The van der Waals surface area contributed by atoms with E-state index in [0.717, 1.165) is 18.7 Å². The van der Waals surface area contributed by atoms with Gasteiger partial charge in [0.15, 0.2) is 0 Å². The Kier molecular flexibility index (Phi) is 5.30. The van der Waals surface area contributed by atoms with Crippen molar-refractivity contribution in [1.29, 1.82) is 0 Å². The monoisotopic (exact) mass is 358 g/mol. The molecule has 4 heteroatoms. The zero-order valence-electron chi connectivity index (χ0n) is 13.8. The average molecular weight is 359 g/mol. The summed E-state index contributed by atoms with van der Waals surface area (Å²) in [6.07, 6.45) is 6.41. The first kappa shape index (κ1) is 17.1. The molecule has 0 aliphatic rings. The predicted octanol–water partition coefficient (Wildman–Crippen LogP) is 5.68. The van der Waals surface area contributed by atoms with Gasteiger partial charge in [0.2, 0.25) is 0 Å². The van der Waals surface area contributed by atoms with Crippen LogP contribution in [0.25, 0.3) is 23.1 Å². The summed E-state index contributed by atoms with van der Waals surface area (Å²) in [5.41, 5.74) is 3.50. The van der Waals surface area contributed by atoms with Crippen LogP contribution in [0.3, 0.4) is 0 Å². The van der Waals surface area contributed by atoms with Crippen LogP contribution in [0.1, 0.15) is 11.1 Å². The highest BCUT2D eigenvalue weighted by atomic mass is 35.5. The van der Waals surface area contributed by atoms with E-state index in [1.165, 1.54) is 16.5 Å². The fourth-order valence-electron chi connectivity index (χ4n) is 2.70. The second-order valence-corrected chi connectivity index (χ2v) is 6.92. The third kappa shape index (κ3) is 3.84. The van der Waals surface area contributed by atoms with Crippen LogP contribution < -0.4 is 0 Å². The largest absolute Gasteiger partial charge is 0.346 e. The first-order valence-corrected chi connectivity index (χ1v) is 8.66. The summed E-state index contributed by atoms with van der Waals surface area (Å²) < 4.78 is 2.31. The number of aromatic nitrogens is 1. The van der Waals surface area contributed by atoms with Crippen LogP contribution in [0.4, 0.5) is 0 Å². The Hall–Kier alpha value is -1.74. The van der Waals surface area contributed by atoms with E-state index < -0.39 is 0 Å². The Balaban J connectivity index is 1.93. The van der Waals surface area contributed by atoms with E-state index in [0.29, 0.717) is 10.0 Å². The number of halogens is 2. The molecule has 2 nitrogen and oxygen atoms in total. The van der Waals surface area contributed by atoms with Gasteiger partial charge in [-0.15, -0.1) is 0 Å². The van der Waals surface area contributed by atoms with Crippen LogP contribution in [0.15, 0.2) is 48.7 Å². The zero-order valence-corrected chi connectivity index (χ0v) is 15.3. The lowest BCUT2D eigenvalue weighted by atomic mass is 10.1. The Labute approximate surface area is 152 Å². The van der Waals surface area contributed by atoms with Crippen molar-refractivity contribution >= 4 is 46.3 Å². The van der Waals surface area contributed by atoms with E-state index in [2.05, 4.69) is 66.2 Å². The third-order valence-electron chi connectivity index (χ3n) is 4.01. The minimum atomic E-state index is 0.576. The van der Waals surface area contributed by atoms with Crippen molar-refractivity contribution in [2.75, 3.05) is 20.6 Å². The van der Waals surface area contributed by atoms with Crippen molar-refractivity contribution in [3.63, 3.8) is 0 Å². The van der Waals surface area contributed by atoms with E-state index in [9.17, 15) is 0 Å². The van der Waals surface area contributed by atoms with Gasteiger partial charge in [-0.1, -0.05) is 59.6 Å². The molecular formula is C20H20Cl2N2. The Morgan fingerprint density at radius 3 is 2.54 bits per heavy atom. The molecule has 0 N–H and O–H groups in total. The molecule has 0 spiro atoms. The molecule has 2 aromatic carbocycles. The molecule has 124 valence electrons. The lowest BCUT2D eigenvalue weighted by molar-refractivity contribution is 0.387. The van der Waals surface area contributed by atoms with Gasteiger partial charge in [0, 0.05) is 30.2 Å². The highest BCUT2D eigenvalue weighted by Crippen LogP contribution is 2.26. The highest BCUT2D eigenvalue weighted by Gasteiger charge is 2.06. The van der Waals surface area contributed by atoms with Gasteiger partial charge in [-0.25, -0.2) is 0 Å². The maximum atomic E-state index is 6.09. The molecule has 0 amide bonds. The van der Waals surface area contributed by atoms with E-state index in [1.54, 1.807) is 0 Å². The van der Waals surface area contributed by atoms with Crippen molar-refractivity contribution in [3.05, 3.63) is 69.8 Å². The molecule has 1 aromatic heterocycles. The summed E-state index contributed by atoms with van der Waals surface area (Å²) in [4.78, 5) is 2.19. The molecule has 24 heavy (non-hydrogen) atoms. The van der Waals surface area contributed by atoms with Crippen molar-refractivity contribution < 1.29 is 0 Å². The second-order valence-electron chi connectivity index (χ2n) is 6.11. The number of para-hydroxylation sites is 1. The zero-order chi connectivity index (χ0) is 17.1. The molecule has 1 heterocycles. The Morgan fingerprint density at radius 1 is 1.00 bits per heavy atom. The molecule has 0 atom stereocenters. The van der Waals surface area contributed by atoms with Crippen LogP contribution in [0.2, 0.25) is 10.0 Å². The van der Waals surface area contributed by atoms with Crippen LogP contribution >= 0.6 is 23.2 Å². The first-order chi connectivity index (χ1) is 11.5. The summed E-state index contributed by atoms with van der Waals surface area (Å²) >= 11 is 12.1. The number of hydrogen-bond acceptors (Lipinski definition) is 1. The van der Waals surface area contributed by atoms with Gasteiger partial charge in [0.1, 0.15) is 0 Å². The molecule has 0 saturated heterocycles. The van der Waals surface area contributed by atoms with Crippen molar-refractivity contribution in [2.45, 2.75) is 6.54 Å². The van der Waals surface area contributed by atoms with Crippen molar-refractivity contribution in [2.24, 2.45) is 0 Å². The number of hydrogen-bond donors (Lipinski definition) is 0. The van der Waals surface area contributed by atoms with E-state index >= 15 is 0 Å². The molecule has 3 aromatic rings. The summed E-state index contributed by atoms with van der Waals surface area (Å²) in [6, 6.07) is 14.2. The number of benzene rings is 2. The van der Waals surface area contributed by atoms with Gasteiger partial charge in [-0.2, -0.15) is 0 Å². The van der Waals surface area contributed by atoms with Gasteiger partial charge < -0.3 is 9.47 Å².